The quantitative estimate of drug-likeness (QED) is 0.391. The maximum absolute atomic E-state index is 11.9. The number of aromatic nitrogens is 4. The molecule has 1 fully saturated rings. The van der Waals surface area contributed by atoms with Crippen molar-refractivity contribution in [1.29, 1.82) is 0 Å². The van der Waals surface area contributed by atoms with Gasteiger partial charge in [0, 0.05) is 34.6 Å². The van der Waals surface area contributed by atoms with Crippen LogP contribution in [0.3, 0.4) is 0 Å². The molecule has 0 spiro atoms. The van der Waals surface area contributed by atoms with Gasteiger partial charge in [0.05, 0.1) is 6.33 Å². The molecule has 0 aromatic carbocycles. The lowest BCUT2D eigenvalue weighted by Gasteiger charge is -2.23. The number of ether oxygens (including phenoxy) is 4. The Hall–Kier alpha value is -4.14. The van der Waals surface area contributed by atoms with Crippen molar-refractivity contribution in [3.8, 4) is 0 Å². The standard InChI is InChI=1S/C20H24N6O9/c1-8(27)22-17-14-18(25-20(24-17)23-9(2)28)26(7-21-14)19-16(34-12(5)31)15(33-11(4)30)13(35-19)6-32-10(3)29/h7,13,15-16,19H,6H2,1-5H3,(H2,22,23,24,25,27,28)/t13-,15-,16-,19-/m1/s1. The van der Waals surface area contributed by atoms with E-state index in [4.69, 9.17) is 18.9 Å². The number of imidazole rings is 1. The summed E-state index contributed by atoms with van der Waals surface area (Å²) in [6.07, 6.45) is -3.16. The van der Waals surface area contributed by atoms with Gasteiger partial charge in [0.1, 0.15) is 12.7 Å². The van der Waals surface area contributed by atoms with Crippen molar-refractivity contribution < 1.29 is 42.9 Å². The Kier molecular flexibility index (Phi) is 7.58. The van der Waals surface area contributed by atoms with Crippen LogP contribution in [0.1, 0.15) is 40.8 Å². The number of esters is 3. The van der Waals surface area contributed by atoms with Gasteiger partial charge in [-0.3, -0.25) is 33.9 Å². The minimum Gasteiger partial charge on any atom is -0.463 e. The molecule has 0 saturated carbocycles. The minimum absolute atomic E-state index is 0.0139. The van der Waals surface area contributed by atoms with E-state index in [-0.39, 0.29) is 29.5 Å². The second kappa shape index (κ2) is 10.4. The van der Waals surface area contributed by atoms with E-state index in [2.05, 4.69) is 25.6 Å². The number of fused-ring (bicyclic) bond motifs is 1. The molecule has 15 heteroatoms. The molecule has 4 atom stereocenters. The first-order chi connectivity index (χ1) is 16.5. The number of carbonyl (C=O) groups excluding carboxylic acids is 5. The van der Waals surface area contributed by atoms with Crippen LogP contribution in [0.15, 0.2) is 6.33 Å². The Bertz CT molecular complexity index is 1180. The second-order valence-corrected chi connectivity index (χ2v) is 7.60. The summed E-state index contributed by atoms with van der Waals surface area (Å²) in [5, 5.41) is 4.95. The lowest BCUT2D eigenvalue weighted by molar-refractivity contribution is -0.166. The van der Waals surface area contributed by atoms with Gasteiger partial charge < -0.3 is 24.3 Å². The van der Waals surface area contributed by atoms with Crippen LogP contribution in [0.25, 0.3) is 11.2 Å². The fraction of sp³-hybridized carbons (Fsp3) is 0.500. The fourth-order valence-corrected chi connectivity index (χ4v) is 3.49. The van der Waals surface area contributed by atoms with Crippen LogP contribution in [-0.4, -0.2) is 74.2 Å². The first-order valence-corrected chi connectivity index (χ1v) is 10.4. The summed E-state index contributed by atoms with van der Waals surface area (Å²) < 4.78 is 23.2. The van der Waals surface area contributed by atoms with E-state index in [9.17, 15) is 24.0 Å². The fourth-order valence-electron chi connectivity index (χ4n) is 3.49. The van der Waals surface area contributed by atoms with Gasteiger partial charge in [-0.05, 0) is 0 Å². The number of nitrogens with zero attached hydrogens (tertiary/aromatic N) is 4. The highest BCUT2D eigenvalue weighted by atomic mass is 16.7. The third kappa shape index (κ3) is 6.06. The van der Waals surface area contributed by atoms with Crippen LogP contribution < -0.4 is 10.6 Å². The zero-order valence-corrected chi connectivity index (χ0v) is 19.6. The van der Waals surface area contributed by atoms with Crippen LogP contribution in [0.4, 0.5) is 11.8 Å². The largest absolute Gasteiger partial charge is 0.463 e. The highest BCUT2D eigenvalue weighted by Gasteiger charge is 2.51. The van der Waals surface area contributed by atoms with E-state index in [1.165, 1.54) is 45.5 Å². The average Bonchev–Trinajstić information content (AvgIpc) is 3.27. The second-order valence-electron chi connectivity index (χ2n) is 7.60. The lowest BCUT2D eigenvalue weighted by atomic mass is 10.1. The van der Waals surface area contributed by atoms with Crippen molar-refractivity contribution >= 4 is 52.7 Å². The summed E-state index contributed by atoms with van der Waals surface area (Å²) in [6, 6.07) is 0. The predicted octanol–water partition coefficient (Wildman–Crippen LogP) is 0.0670. The molecule has 1 saturated heterocycles. The average molecular weight is 492 g/mol. The Morgan fingerprint density at radius 3 is 2.11 bits per heavy atom. The van der Waals surface area contributed by atoms with Crippen molar-refractivity contribution in [2.45, 2.75) is 59.2 Å². The van der Waals surface area contributed by atoms with E-state index < -0.39 is 54.3 Å². The molecule has 35 heavy (non-hydrogen) atoms. The summed E-state index contributed by atoms with van der Waals surface area (Å²) in [7, 11) is 0. The Balaban J connectivity index is 2.12. The summed E-state index contributed by atoms with van der Waals surface area (Å²) in [5.74, 6) is -2.99. The molecule has 0 bridgehead atoms. The van der Waals surface area contributed by atoms with Gasteiger partial charge in [-0.25, -0.2) is 4.98 Å². The zero-order valence-electron chi connectivity index (χ0n) is 19.6. The van der Waals surface area contributed by atoms with Crippen molar-refractivity contribution in [2.75, 3.05) is 17.2 Å². The number of hydrogen-bond acceptors (Lipinski definition) is 12. The van der Waals surface area contributed by atoms with Crippen LogP contribution in [0, 0.1) is 0 Å². The number of amides is 2. The number of hydrogen-bond donors (Lipinski definition) is 2. The van der Waals surface area contributed by atoms with Gasteiger partial charge in [-0.15, -0.1) is 0 Å². The van der Waals surface area contributed by atoms with Crippen LogP contribution >= 0.6 is 0 Å². The monoisotopic (exact) mass is 492 g/mol. The molecule has 15 nitrogen and oxygen atoms in total. The van der Waals surface area contributed by atoms with Crippen molar-refractivity contribution in [1.82, 2.24) is 19.5 Å². The lowest BCUT2D eigenvalue weighted by Crippen LogP contribution is -2.40. The minimum atomic E-state index is -1.18. The topological polar surface area (TPSA) is 190 Å². The van der Waals surface area contributed by atoms with Gasteiger partial charge in [0.25, 0.3) is 0 Å². The maximum Gasteiger partial charge on any atom is 0.303 e. The van der Waals surface area contributed by atoms with E-state index >= 15 is 0 Å². The molecule has 0 aliphatic carbocycles. The Morgan fingerprint density at radius 2 is 1.54 bits per heavy atom. The summed E-state index contributed by atoms with van der Waals surface area (Å²) in [5.41, 5.74) is 0.247. The maximum atomic E-state index is 11.9. The molecule has 3 heterocycles. The van der Waals surface area contributed by atoms with E-state index in [0.29, 0.717) is 0 Å². The van der Waals surface area contributed by atoms with Gasteiger partial charge in [0.15, 0.2) is 35.4 Å². The van der Waals surface area contributed by atoms with Crippen molar-refractivity contribution in [2.24, 2.45) is 0 Å². The summed E-state index contributed by atoms with van der Waals surface area (Å²) in [4.78, 5) is 70.9. The van der Waals surface area contributed by atoms with E-state index in [0.717, 1.165) is 0 Å². The molecule has 2 N–H and O–H groups in total. The molecule has 3 rings (SSSR count). The highest BCUT2D eigenvalue weighted by Crippen LogP contribution is 2.36. The molecular formula is C20H24N6O9. The third-order valence-electron chi connectivity index (χ3n) is 4.62. The van der Waals surface area contributed by atoms with Gasteiger partial charge in [-0.2, -0.15) is 9.97 Å². The number of carbonyl (C=O) groups is 5. The first kappa shape index (κ1) is 25.5. The number of rotatable bonds is 7. The van der Waals surface area contributed by atoms with Crippen LogP contribution in [0.5, 0.6) is 0 Å². The molecule has 2 aromatic rings. The molecule has 0 unspecified atom stereocenters. The molecule has 1 aliphatic rings. The molecule has 188 valence electrons. The molecule has 1 aliphatic heterocycles. The third-order valence-corrected chi connectivity index (χ3v) is 4.62. The SMILES string of the molecule is CC(=O)Nc1nc(NC(C)=O)c2ncn([C@@H]3O[C@H](COC(C)=O)[C@@H](OC(C)=O)[C@H]3OC(C)=O)c2n1. The molecule has 0 radical (unpaired) electrons. The molecule has 2 amide bonds. The van der Waals surface area contributed by atoms with E-state index in [1.54, 1.807) is 0 Å². The van der Waals surface area contributed by atoms with E-state index in [1.807, 2.05) is 0 Å². The van der Waals surface area contributed by atoms with Gasteiger partial charge >= 0.3 is 17.9 Å². The van der Waals surface area contributed by atoms with Gasteiger partial charge in [-0.1, -0.05) is 0 Å². The zero-order chi connectivity index (χ0) is 25.9. The van der Waals surface area contributed by atoms with Crippen LogP contribution in [-0.2, 0) is 42.9 Å². The number of nitrogens with one attached hydrogen (secondary N) is 2. The van der Waals surface area contributed by atoms with Gasteiger partial charge in [0.2, 0.25) is 17.8 Å². The van der Waals surface area contributed by atoms with Crippen molar-refractivity contribution in [3.63, 3.8) is 0 Å². The first-order valence-electron chi connectivity index (χ1n) is 10.4. The number of anilines is 2. The highest BCUT2D eigenvalue weighted by molar-refractivity contribution is 5.97. The smallest absolute Gasteiger partial charge is 0.303 e. The normalized spacial score (nSPS) is 21.3. The predicted molar refractivity (Wildman–Crippen MR) is 116 cm³/mol. The van der Waals surface area contributed by atoms with Crippen molar-refractivity contribution in [3.05, 3.63) is 6.33 Å². The van der Waals surface area contributed by atoms with Crippen LogP contribution in [0.2, 0.25) is 0 Å². The Labute approximate surface area is 198 Å². The molecule has 2 aromatic heterocycles. The Morgan fingerprint density at radius 1 is 0.914 bits per heavy atom. The summed E-state index contributed by atoms with van der Waals surface area (Å²) in [6.45, 7) is 5.76. The molecular weight excluding hydrogens is 468 g/mol. The summed E-state index contributed by atoms with van der Waals surface area (Å²) >= 11 is 0.